The molecule has 36 heavy (non-hydrogen) atoms. The molecular formula is C27H32ClN3O4S. The lowest BCUT2D eigenvalue weighted by Crippen LogP contribution is -2.53. The third kappa shape index (κ3) is 3.89. The van der Waals surface area contributed by atoms with Gasteiger partial charge in [0, 0.05) is 48.7 Å². The fourth-order valence-electron chi connectivity index (χ4n) is 6.31. The average Bonchev–Trinajstić information content (AvgIpc) is 3.12. The van der Waals surface area contributed by atoms with E-state index in [0.717, 1.165) is 12.1 Å². The Bertz CT molecular complexity index is 1120. The van der Waals surface area contributed by atoms with E-state index in [9.17, 15) is 19.5 Å². The van der Waals surface area contributed by atoms with E-state index in [1.54, 1.807) is 45.6 Å². The second kappa shape index (κ2) is 9.54. The van der Waals surface area contributed by atoms with Crippen LogP contribution in [0.1, 0.15) is 26.2 Å². The molecule has 5 atom stereocenters. The van der Waals surface area contributed by atoms with Gasteiger partial charge in [-0.2, -0.15) is 0 Å². The summed E-state index contributed by atoms with van der Waals surface area (Å²) in [7, 11) is 1.77. The average molecular weight is 530 g/mol. The lowest BCUT2D eigenvalue weighted by atomic mass is 9.74. The first kappa shape index (κ1) is 25.4. The van der Waals surface area contributed by atoms with Crippen molar-refractivity contribution in [2.45, 2.75) is 41.7 Å². The number of likely N-dealkylation sites (N-methyl/N-ethyl adjacent to an activating group) is 1. The van der Waals surface area contributed by atoms with Gasteiger partial charge in [0.15, 0.2) is 0 Å². The van der Waals surface area contributed by atoms with Gasteiger partial charge >= 0.3 is 0 Å². The van der Waals surface area contributed by atoms with Crippen molar-refractivity contribution in [3.63, 3.8) is 0 Å². The van der Waals surface area contributed by atoms with Crippen molar-refractivity contribution < 1.29 is 19.5 Å². The second-order valence-corrected chi connectivity index (χ2v) is 12.5. The molecule has 1 spiro atoms. The van der Waals surface area contributed by atoms with Crippen molar-refractivity contribution in [3.8, 4) is 0 Å². The summed E-state index contributed by atoms with van der Waals surface area (Å²) < 4.78 is -1.44. The van der Waals surface area contributed by atoms with E-state index in [1.165, 1.54) is 0 Å². The highest BCUT2D eigenvalue weighted by atomic mass is 35.5. The van der Waals surface area contributed by atoms with Crippen LogP contribution in [0.3, 0.4) is 0 Å². The molecular weight excluding hydrogens is 498 g/mol. The van der Waals surface area contributed by atoms with Crippen LogP contribution in [0, 0.1) is 11.8 Å². The molecule has 1 unspecified atom stereocenters. The summed E-state index contributed by atoms with van der Waals surface area (Å²) in [5, 5.41) is 9.80. The molecule has 1 aromatic carbocycles. The van der Waals surface area contributed by atoms with E-state index < -0.39 is 27.4 Å². The van der Waals surface area contributed by atoms with Crippen molar-refractivity contribution in [2.24, 2.45) is 11.8 Å². The molecule has 4 heterocycles. The van der Waals surface area contributed by atoms with Crippen LogP contribution in [0.5, 0.6) is 0 Å². The maximum absolute atomic E-state index is 14.3. The number of hydrogen-bond donors (Lipinski definition) is 1. The van der Waals surface area contributed by atoms with Gasteiger partial charge in [0.25, 0.3) is 5.91 Å². The first-order valence-corrected chi connectivity index (χ1v) is 13.7. The van der Waals surface area contributed by atoms with E-state index >= 15 is 0 Å². The van der Waals surface area contributed by atoms with E-state index in [4.69, 9.17) is 11.6 Å². The predicted octanol–water partition coefficient (Wildman–Crippen LogP) is 3.12. The maximum Gasteiger partial charge on any atom is 0.251 e. The number of rotatable bonds is 6. The number of nitrogens with zero attached hydrogens (tertiary/aromatic N) is 3. The molecule has 7 nitrogen and oxygen atoms in total. The van der Waals surface area contributed by atoms with Crippen LogP contribution in [-0.4, -0.2) is 81.5 Å². The van der Waals surface area contributed by atoms with Gasteiger partial charge in [-0.05, 0) is 50.5 Å². The van der Waals surface area contributed by atoms with Gasteiger partial charge in [0.2, 0.25) is 11.8 Å². The van der Waals surface area contributed by atoms with Gasteiger partial charge < -0.3 is 19.8 Å². The summed E-state index contributed by atoms with van der Waals surface area (Å²) in [6.07, 6.45) is 10.2. The lowest BCUT2D eigenvalue weighted by molar-refractivity contribution is -0.143. The Balaban J connectivity index is 1.60. The summed E-state index contributed by atoms with van der Waals surface area (Å²) in [6.45, 7) is 3.43. The molecule has 2 saturated heterocycles. The van der Waals surface area contributed by atoms with Crippen molar-refractivity contribution >= 4 is 46.8 Å². The molecule has 9 heteroatoms. The minimum absolute atomic E-state index is 0.0502. The standard InChI is InChI=1S/C27H32ClN3O4S/c1-26-12-6-14-29(2)23(33)20(26)21-24(34)31(15-4-3-5-17-32)22-25(35)30(16-7-13-27(21,22)36-26)19-10-8-18(28)9-11-19/h6-13,20-22,32H,3-5,14-17H2,1-2H3/t20-,21-,22?,26+,27-/m0/s1. The molecule has 0 saturated carbocycles. The number of thioether (sulfide) groups is 1. The molecule has 2 fully saturated rings. The number of aliphatic hydroxyl groups excluding tert-OH is 1. The van der Waals surface area contributed by atoms with Gasteiger partial charge in [0.1, 0.15) is 6.04 Å². The van der Waals surface area contributed by atoms with E-state index in [2.05, 4.69) is 6.08 Å². The van der Waals surface area contributed by atoms with Crippen molar-refractivity contribution in [1.29, 1.82) is 0 Å². The highest BCUT2D eigenvalue weighted by Gasteiger charge is 2.73. The number of hydrogen-bond acceptors (Lipinski definition) is 5. The molecule has 192 valence electrons. The number of anilines is 1. The molecule has 0 bridgehead atoms. The first-order valence-electron chi connectivity index (χ1n) is 12.5. The molecule has 0 aliphatic carbocycles. The number of unbranched alkanes of at least 4 members (excludes halogenated alkanes) is 2. The zero-order valence-corrected chi connectivity index (χ0v) is 22.2. The molecule has 1 N–H and O–H groups in total. The Morgan fingerprint density at radius 1 is 0.972 bits per heavy atom. The monoisotopic (exact) mass is 529 g/mol. The number of benzene rings is 1. The first-order chi connectivity index (χ1) is 17.2. The summed E-state index contributed by atoms with van der Waals surface area (Å²) >= 11 is 7.69. The number of carbonyl (C=O) groups excluding carboxylic acids is 3. The Morgan fingerprint density at radius 2 is 1.69 bits per heavy atom. The number of halogens is 1. The number of amides is 3. The van der Waals surface area contributed by atoms with E-state index in [0.29, 0.717) is 37.5 Å². The van der Waals surface area contributed by atoms with E-state index in [1.807, 2.05) is 37.3 Å². The fourth-order valence-corrected chi connectivity index (χ4v) is 8.59. The Morgan fingerprint density at radius 3 is 2.42 bits per heavy atom. The number of fused-ring (bicyclic) bond motifs is 2. The van der Waals surface area contributed by atoms with Crippen LogP contribution >= 0.6 is 23.4 Å². The van der Waals surface area contributed by atoms with Crippen molar-refractivity contribution in [1.82, 2.24) is 9.80 Å². The third-order valence-electron chi connectivity index (χ3n) is 7.95. The van der Waals surface area contributed by atoms with E-state index in [-0.39, 0.29) is 24.3 Å². The van der Waals surface area contributed by atoms with Crippen LogP contribution in [0.15, 0.2) is 48.6 Å². The number of likely N-dealkylation sites (tertiary alicyclic amines) is 1. The predicted molar refractivity (Wildman–Crippen MR) is 142 cm³/mol. The molecule has 0 aromatic heterocycles. The van der Waals surface area contributed by atoms with Crippen molar-refractivity contribution in [3.05, 3.63) is 53.6 Å². The molecule has 3 amide bonds. The van der Waals surface area contributed by atoms with Crippen LogP contribution < -0.4 is 4.90 Å². The lowest BCUT2D eigenvalue weighted by Gasteiger charge is -2.37. The van der Waals surface area contributed by atoms with Crippen molar-refractivity contribution in [2.75, 3.05) is 38.2 Å². The van der Waals surface area contributed by atoms with Gasteiger partial charge in [-0.3, -0.25) is 14.4 Å². The molecule has 5 rings (SSSR count). The van der Waals surface area contributed by atoms with Crippen LogP contribution in [0.25, 0.3) is 0 Å². The summed E-state index contributed by atoms with van der Waals surface area (Å²) in [5.74, 6) is -1.50. The normalized spacial score (nSPS) is 33.5. The molecule has 4 aliphatic rings. The Kier molecular flexibility index (Phi) is 6.72. The second-order valence-electron chi connectivity index (χ2n) is 10.3. The van der Waals surface area contributed by atoms with Crippen LogP contribution in [0.4, 0.5) is 5.69 Å². The molecule has 4 aliphatic heterocycles. The molecule has 0 radical (unpaired) electrons. The Hall–Kier alpha value is -2.29. The van der Waals surface area contributed by atoms with Gasteiger partial charge in [-0.1, -0.05) is 35.9 Å². The molecule has 1 aromatic rings. The summed E-state index contributed by atoms with van der Waals surface area (Å²) in [6, 6.07) is 6.43. The number of aliphatic hydroxyl groups is 1. The quantitative estimate of drug-likeness (QED) is 0.452. The minimum atomic E-state index is -0.843. The fraction of sp³-hybridized carbons (Fsp3) is 0.519. The SMILES string of the molecule is CN1CC=C[C@@]2(C)S[C@]34C=CCN(c5ccc(Cl)cc5)C(=O)C3N(CCCCCO)C(=O)[C@@H]4[C@H]2C1=O. The maximum atomic E-state index is 14.3. The largest absolute Gasteiger partial charge is 0.396 e. The van der Waals surface area contributed by atoms with Gasteiger partial charge in [0.05, 0.1) is 16.6 Å². The zero-order chi connectivity index (χ0) is 25.7. The van der Waals surface area contributed by atoms with Crippen LogP contribution in [0.2, 0.25) is 5.02 Å². The summed E-state index contributed by atoms with van der Waals surface area (Å²) in [4.78, 5) is 47.2. The van der Waals surface area contributed by atoms with Gasteiger partial charge in [-0.15, -0.1) is 11.8 Å². The zero-order valence-electron chi connectivity index (χ0n) is 20.6. The van der Waals surface area contributed by atoms with Crippen LogP contribution in [-0.2, 0) is 14.4 Å². The minimum Gasteiger partial charge on any atom is -0.396 e. The highest BCUT2D eigenvalue weighted by molar-refractivity contribution is 8.02. The highest BCUT2D eigenvalue weighted by Crippen LogP contribution is 2.65. The smallest absolute Gasteiger partial charge is 0.251 e. The summed E-state index contributed by atoms with van der Waals surface area (Å²) in [5.41, 5.74) is 0.723. The van der Waals surface area contributed by atoms with Gasteiger partial charge in [-0.25, -0.2) is 0 Å². The third-order valence-corrected chi connectivity index (χ3v) is 10.0. The topological polar surface area (TPSA) is 81.2 Å². The Labute approximate surface area is 221 Å². The number of carbonyl (C=O) groups is 3.